The summed E-state index contributed by atoms with van der Waals surface area (Å²) in [6.45, 7) is 7.87. The molecule has 0 aliphatic carbocycles. The van der Waals surface area contributed by atoms with E-state index in [-0.39, 0.29) is 17.6 Å². The molecule has 0 aromatic rings. The molecule has 0 aromatic heterocycles. The van der Waals surface area contributed by atoms with Crippen LogP contribution in [0.3, 0.4) is 0 Å². The molecule has 0 bridgehead atoms. The topological polar surface area (TPSA) is 38.8 Å². The first-order valence-corrected chi connectivity index (χ1v) is 5.72. The fourth-order valence-corrected chi connectivity index (χ4v) is 1.95. The highest BCUT2D eigenvalue weighted by atomic mass is 16.7. The van der Waals surface area contributed by atoms with Gasteiger partial charge >= 0.3 is 0 Å². The lowest BCUT2D eigenvalue weighted by Crippen LogP contribution is -2.36. The fourth-order valence-electron chi connectivity index (χ4n) is 1.95. The van der Waals surface area contributed by atoms with Gasteiger partial charge in [0, 0.05) is 27.2 Å². The van der Waals surface area contributed by atoms with Crippen molar-refractivity contribution < 1.29 is 14.3 Å². The average Bonchev–Trinajstić information content (AvgIpc) is 2.56. The summed E-state index contributed by atoms with van der Waals surface area (Å²) in [7, 11) is 3.19. The van der Waals surface area contributed by atoms with Crippen molar-refractivity contribution in [2.24, 2.45) is 11.3 Å². The normalized spacial score (nSPS) is 22.2. The lowest BCUT2D eigenvalue weighted by molar-refractivity contribution is -0.141. The molecular weight excluding hydrogens is 206 g/mol. The van der Waals surface area contributed by atoms with E-state index in [0.29, 0.717) is 18.9 Å². The number of likely N-dealkylation sites (tertiary alicyclic amines) is 1. The molecule has 0 aromatic carbocycles. The summed E-state index contributed by atoms with van der Waals surface area (Å²) < 4.78 is 10.2. The Morgan fingerprint density at radius 1 is 1.38 bits per heavy atom. The van der Waals surface area contributed by atoms with Crippen molar-refractivity contribution in [2.75, 3.05) is 27.3 Å². The van der Waals surface area contributed by atoms with Crippen LogP contribution < -0.4 is 0 Å². The molecule has 1 rings (SSSR count). The number of carbonyl (C=O) groups excluding carboxylic acids is 1. The van der Waals surface area contributed by atoms with Gasteiger partial charge in [-0.25, -0.2) is 0 Å². The molecule has 0 spiro atoms. The first-order valence-electron chi connectivity index (χ1n) is 5.72. The van der Waals surface area contributed by atoms with E-state index < -0.39 is 0 Å². The molecular formula is C12H23NO3. The molecule has 1 fully saturated rings. The van der Waals surface area contributed by atoms with Crippen LogP contribution in [-0.4, -0.2) is 44.4 Å². The zero-order chi connectivity index (χ0) is 12.3. The Bertz CT molecular complexity index is 243. The van der Waals surface area contributed by atoms with E-state index >= 15 is 0 Å². The Morgan fingerprint density at radius 2 is 1.94 bits per heavy atom. The van der Waals surface area contributed by atoms with Gasteiger partial charge in [0.15, 0.2) is 6.29 Å². The standard InChI is InChI=1S/C12H23NO3/c1-12(2,3)9-6-10(14)13(7-9)8-11(15-4)16-5/h9,11H,6-8H2,1-5H3. The third-order valence-electron chi connectivity index (χ3n) is 3.33. The summed E-state index contributed by atoms with van der Waals surface area (Å²) in [5, 5.41) is 0. The molecule has 0 radical (unpaired) electrons. The molecule has 4 heteroatoms. The molecule has 1 saturated heterocycles. The van der Waals surface area contributed by atoms with Gasteiger partial charge < -0.3 is 14.4 Å². The fraction of sp³-hybridized carbons (Fsp3) is 0.917. The van der Waals surface area contributed by atoms with E-state index in [9.17, 15) is 4.79 Å². The molecule has 0 saturated carbocycles. The monoisotopic (exact) mass is 229 g/mol. The number of amides is 1. The van der Waals surface area contributed by atoms with Crippen LogP contribution in [0.2, 0.25) is 0 Å². The minimum absolute atomic E-state index is 0.181. The molecule has 4 nitrogen and oxygen atoms in total. The van der Waals surface area contributed by atoms with Crippen molar-refractivity contribution in [3.05, 3.63) is 0 Å². The summed E-state index contributed by atoms with van der Waals surface area (Å²) in [5.41, 5.74) is 0.181. The highest BCUT2D eigenvalue weighted by molar-refractivity contribution is 5.78. The Labute approximate surface area is 97.9 Å². The van der Waals surface area contributed by atoms with Crippen LogP contribution in [0.15, 0.2) is 0 Å². The zero-order valence-electron chi connectivity index (χ0n) is 10.9. The van der Waals surface area contributed by atoms with Crippen molar-refractivity contribution in [3.8, 4) is 0 Å². The van der Waals surface area contributed by atoms with Gasteiger partial charge in [0.1, 0.15) is 0 Å². The van der Waals surface area contributed by atoms with Crippen molar-refractivity contribution >= 4 is 5.91 Å². The van der Waals surface area contributed by atoms with E-state index in [2.05, 4.69) is 20.8 Å². The van der Waals surface area contributed by atoms with Crippen molar-refractivity contribution in [3.63, 3.8) is 0 Å². The van der Waals surface area contributed by atoms with E-state index in [1.807, 2.05) is 4.90 Å². The second-order valence-electron chi connectivity index (χ2n) is 5.47. The van der Waals surface area contributed by atoms with Gasteiger partial charge in [0.25, 0.3) is 0 Å². The van der Waals surface area contributed by atoms with Crippen LogP contribution in [0.25, 0.3) is 0 Å². The first kappa shape index (κ1) is 13.5. The number of methoxy groups -OCH3 is 2. The molecule has 16 heavy (non-hydrogen) atoms. The summed E-state index contributed by atoms with van der Waals surface area (Å²) >= 11 is 0. The van der Waals surface area contributed by atoms with Crippen molar-refractivity contribution in [2.45, 2.75) is 33.5 Å². The van der Waals surface area contributed by atoms with Crippen LogP contribution in [0.4, 0.5) is 0 Å². The Kier molecular flexibility index (Phi) is 4.33. The van der Waals surface area contributed by atoms with Crippen LogP contribution in [0.1, 0.15) is 27.2 Å². The quantitative estimate of drug-likeness (QED) is 0.686. The minimum atomic E-state index is -0.317. The number of ether oxygens (including phenoxy) is 2. The summed E-state index contributed by atoms with van der Waals surface area (Å²) in [5.74, 6) is 0.633. The van der Waals surface area contributed by atoms with Gasteiger partial charge in [-0.15, -0.1) is 0 Å². The molecule has 0 N–H and O–H groups in total. The third-order valence-corrected chi connectivity index (χ3v) is 3.33. The van der Waals surface area contributed by atoms with E-state index in [1.165, 1.54) is 0 Å². The highest BCUT2D eigenvalue weighted by Crippen LogP contribution is 2.34. The smallest absolute Gasteiger partial charge is 0.223 e. The van der Waals surface area contributed by atoms with Crippen LogP contribution in [-0.2, 0) is 14.3 Å². The lowest BCUT2D eigenvalue weighted by atomic mass is 9.80. The minimum Gasteiger partial charge on any atom is -0.354 e. The maximum absolute atomic E-state index is 11.8. The predicted molar refractivity (Wildman–Crippen MR) is 61.9 cm³/mol. The molecule has 1 unspecified atom stereocenters. The van der Waals surface area contributed by atoms with Gasteiger partial charge in [-0.2, -0.15) is 0 Å². The van der Waals surface area contributed by atoms with Crippen LogP contribution in [0, 0.1) is 11.3 Å². The number of hydrogen-bond donors (Lipinski definition) is 0. The second kappa shape index (κ2) is 5.15. The van der Waals surface area contributed by atoms with Crippen molar-refractivity contribution in [1.82, 2.24) is 4.90 Å². The van der Waals surface area contributed by atoms with Crippen LogP contribution in [0.5, 0.6) is 0 Å². The van der Waals surface area contributed by atoms with Crippen LogP contribution >= 0.6 is 0 Å². The molecule has 1 amide bonds. The average molecular weight is 229 g/mol. The molecule has 1 heterocycles. The van der Waals surface area contributed by atoms with E-state index in [0.717, 1.165) is 6.54 Å². The number of rotatable bonds is 4. The maximum atomic E-state index is 11.8. The summed E-state index contributed by atoms with van der Waals surface area (Å²) in [6.07, 6.45) is 0.326. The van der Waals surface area contributed by atoms with Gasteiger partial charge in [-0.3, -0.25) is 4.79 Å². The Hall–Kier alpha value is -0.610. The molecule has 94 valence electrons. The largest absolute Gasteiger partial charge is 0.354 e. The third kappa shape index (κ3) is 3.19. The summed E-state index contributed by atoms with van der Waals surface area (Å²) in [4.78, 5) is 13.7. The zero-order valence-corrected chi connectivity index (χ0v) is 10.9. The van der Waals surface area contributed by atoms with Gasteiger partial charge in [0.05, 0.1) is 6.54 Å². The van der Waals surface area contributed by atoms with E-state index in [1.54, 1.807) is 14.2 Å². The predicted octanol–water partition coefficient (Wildman–Crippen LogP) is 1.50. The molecule has 1 aliphatic rings. The maximum Gasteiger partial charge on any atom is 0.223 e. The Balaban J connectivity index is 2.55. The second-order valence-corrected chi connectivity index (χ2v) is 5.47. The number of carbonyl (C=O) groups is 1. The number of nitrogens with zero attached hydrogens (tertiary/aromatic N) is 1. The van der Waals surface area contributed by atoms with Crippen molar-refractivity contribution in [1.29, 1.82) is 0 Å². The molecule has 1 aliphatic heterocycles. The lowest BCUT2D eigenvalue weighted by Gasteiger charge is -2.27. The van der Waals surface area contributed by atoms with E-state index in [4.69, 9.17) is 9.47 Å². The van der Waals surface area contributed by atoms with Gasteiger partial charge in [0.2, 0.25) is 5.91 Å². The van der Waals surface area contributed by atoms with Gasteiger partial charge in [-0.05, 0) is 11.3 Å². The molecule has 1 atom stereocenters. The highest BCUT2D eigenvalue weighted by Gasteiger charge is 2.37. The van der Waals surface area contributed by atoms with Gasteiger partial charge in [-0.1, -0.05) is 20.8 Å². The number of hydrogen-bond acceptors (Lipinski definition) is 3. The summed E-state index contributed by atoms with van der Waals surface area (Å²) in [6, 6.07) is 0. The Morgan fingerprint density at radius 3 is 2.31 bits per heavy atom. The SMILES string of the molecule is COC(CN1CC(C(C)(C)C)CC1=O)OC. The first-order chi connectivity index (χ1) is 7.38.